The van der Waals surface area contributed by atoms with Gasteiger partial charge < -0.3 is 4.90 Å². The van der Waals surface area contributed by atoms with Gasteiger partial charge in [0.05, 0.1) is 0 Å². The zero-order valence-corrected chi connectivity index (χ0v) is 10.5. The van der Waals surface area contributed by atoms with Crippen molar-refractivity contribution in [2.45, 2.75) is 13.5 Å². The van der Waals surface area contributed by atoms with Gasteiger partial charge >= 0.3 is 0 Å². The van der Waals surface area contributed by atoms with Crippen LogP contribution in [0.4, 0.5) is 0 Å². The van der Waals surface area contributed by atoms with Crippen LogP contribution in [-0.4, -0.2) is 21.7 Å². The highest BCUT2D eigenvalue weighted by molar-refractivity contribution is 7.08. The van der Waals surface area contributed by atoms with E-state index >= 15 is 0 Å². The molecule has 4 heteroatoms. The zero-order valence-electron chi connectivity index (χ0n) is 9.67. The summed E-state index contributed by atoms with van der Waals surface area (Å²) in [6.07, 6.45) is 1.66. The van der Waals surface area contributed by atoms with E-state index in [-0.39, 0.29) is 5.91 Å². The van der Waals surface area contributed by atoms with Crippen LogP contribution in [-0.2, 0) is 6.54 Å². The van der Waals surface area contributed by atoms with E-state index in [2.05, 4.69) is 4.37 Å². The smallest absolute Gasteiger partial charge is 0.265 e. The molecular formula is C13H14N2OS. The second-order valence-corrected chi connectivity index (χ2v) is 4.51. The fourth-order valence-electron chi connectivity index (χ4n) is 1.61. The van der Waals surface area contributed by atoms with Gasteiger partial charge in [-0.15, -0.1) is 0 Å². The van der Waals surface area contributed by atoms with Gasteiger partial charge in [0.15, 0.2) is 0 Å². The van der Waals surface area contributed by atoms with Gasteiger partial charge in [-0.05, 0) is 30.1 Å². The SMILES string of the molecule is CCN(Cc1ccccc1)C(=O)c1ccns1. The van der Waals surface area contributed by atoms with Crippen molar-refractivity contribution in [1.82, 2.24) is 9.27 Å². The Morgan fingerprint density at radius 2 is 2.06 bits per heavy atom. The van der Waals surface area contributed by atoms with Gasteiger partial charge in [0.25, 0.3) is 5.91 Å². The zero-order chi connectivity index (χ0) is 12.1. The maximum atomic E-state index is 12.1. The van der Waals surface area contributed by atoms with Gasteiger partial charge in [-0.25, -0.2) is 4.37 Å². The number of carbonyl (C=O) groups excluding carboxylic acids is 1. The van der Waals surface area contributed by atoms with Crippen LogP contribution in [0.25, 0.3) is 0 Å². The predicted octanol–water partition coefficient (Wildman–Crippen LogP) is 2.81. The Bertz CT molecular complexity index is 467. The van der Waals surface area contributed by atoms with Gasteiger partial charge in [0.1, 0.15) is 4.88 Å². The van der Waals surface area contributed by atoms with Crippen molar-refractivity contribution in [2.75, 3.05) is 6.54 Å². The Kier molecular flexibility index (Phi) is 3.88. The number of benzene rings is 1. The Morgan fingerprint density at radius 1 is 1.29 bits per heavy atom. The molecule has 1 heterocycles. The Morgan fingerprint density at radius 3 is 2.65 bits per heavy atom. The van der Waals surface area contributed by atoms with E-state index in [9.17, 15) is 4.79 Å². The maximum absolute atomic E-state index is 12.1. The third-order valence-corrected chi connectivity index (χ3v) is 3.27. The molecule has 1 amide bonds. The average Bonchev–Trinajstić information content (AvgIpc) is 2.90. The molecule has 0 aliphatic rings. The molecule has 0 bridgehead atoms. The van der Waals surface area contributed by atoms with Crippen LogP contribution in [0.1, 0.15) is 22.2 Å². The first-order valence-corrected chi connectivity index (χ1v) is 6.32. The first-order chi connectivity index (χ1) is 8.31. The van der Waals surface area contributed by atoms with E-state index in [0.717, 1.165) is 5.56 Å². The van der Waals surface area contributed by atoms with E-state index in [1.54, 1.807) is 12.3 Å². The molecular weight excluding hydrogens is 232 g/mol. The molecule has 0 unspecified atom stereocenters. The number of hydrogen-bond acceptors (Lipinski definition) is 3. The minimum atomic E-state index is 0.0545. The Balaban J connectivity index is 2.10. The Labute approximate surface area is 105 Å². The summed E-state index contributed by atoms with van der Waals surface area (Å²) in [6, 6.07) is 11.8. The van der Waals surface area contributed by atoms with Crippen molar-refractivity contribution in [3.8, 4) is 0 Å². The van der Waals surface area contributed by atoms with Crippen molar-refractivity contribution in [1.29, 1.82) is 0 Å². The van der Waals surface area contributed by atoms with Crippen LogP contribution in [0.15, 0.2) is 42.6 Å². The first-order valence-electron chi connectivity index (χ1n) is 5.55. The molecule has 2 rings (SSSR count). The monoisotopic (exact) mass is 246 g/mol. The maximum Gasteiger partial charge on any atom is 0.265 e. The van der Waals surface area contributed by atoms with Gasteiger partial charge in [-0.1, -0.05) is 30.3 Å². The van der Waals surface area contributed by atoms with Crippen molar-refractivity contribution >= 4 is 17.4 Å². The number of carbonyl (C=O) groups is 1. The highest BCUT2D eigenvalue weighted by Gasteiger charge is 2.15. The number of hydrogen-bond donors (Lipinski definition) is 0. The van der Waals surface area contributed by atoms with E-state index in [0.29, 0.717) is 18.0 Å². The van der Waals surface area contributed by atoms with Gasteiger partial charge in [0, 0.05) is 19.3 Å². The lowest BCUT2D eigenvalue weighted by molar-refractivity contribution is 0.0757. The minimum Gasteiger partial charge on any atom is -0.334 e. The van der Waals surface area contributed by atoms with Crippen LogP contribution in [0.3, 0.4) is 0 Å². The number of aromatic nitrogens is 1. The van der Waals surface area contributed by atoms with E-state index in [1.807, 2.05) is 42.2 Å². The molecule has 1 aromatic heterocycles. The molecule has 0 saturated carbocycles. The lowest BCUT2D eigenvalue weighted by atomic mass is 10.2. The summed E-state index contributed by atoms with van der Waals surface area (Å²) < 4.78 is 3.96. The lowest BCUT2D eigenvalue weighted by Gasteiger charge is -2.19. The number of nitrogens with zero attached hydrogens (tertiary/aromatic N) is 2. The summed E-state index contributed by atoms with van der Waals surface area (Å²) in [5.74, 6) is 0.0545. The minimum absolute atomic E-state index is 0.0545. The molecule has 1 aromatic carbocycles. The second kappa shape index (κ2) is 5.59. The third kappa shape index (κ3) is 2.91. The molecule has 88 valence electrons. The Hall–Kier alpha value is -1.68. The molecule has 2 aromatic rings. The first kappa shape index (κ1) is 11.8. The summed E-state index contributed by atoms with van der Waals surface area (Å²) in [6.45, 7) is 3.33. The van der Waals surface area contributed by atoms with Gasteiger partial charge in [-0.3, -0.25) is 4.79 Å². The highest BCUT2D eigenvalue weighted by atomic mass is 32.1. The molecule has 3 nitrogen and oxygen atoms in total. The van der Waals surface area contributed by atoms with Crippen LogP contribution >= 0.6 is 11.5 Å². The predicted molar refractivity (Wildman–Crippen MR) is 69.0 cm³/mol. The largest absolute Gasteiger partial charge is 0.334 e. The number of amides is 1. The molecule has 0 saturated heterocycles. The average molecular weight is 246 g/mol. The summed E-state index contributed by atoms with van der Waals surface area (Å²) >= 11 is 1.24. The number of rotatable bonds is 4. The molecule has 0 atom stereocenters. The van der Waals surface area contributed by atoms with Gasteiger partial charge in [-0.2, -0.15) is 0 Å². The highest BCUT2D eigenvalue weighted by Crippen LogP contribution is 2.12. The van der Waals surface area contributed by atoms with Crippen molar-refractivity contribution in [3.63, 3.8) is 0 Å². The molecule has 0 aliphatic heterocycles. The van der Waals surface area contributed by atoms with Crippen LogP contribution in [0, 0.1) is 0 Å². The quantitative estimate of drug-likeness (QED) is 0.831. The standard InChI is InChI=1S/C13H14N2OS/c1-2-15(10-11-6-4-3-5-7-11)13(16)12-8-9-14-17-12/h3-9H,2,10H2,1H3. The van der Waals surface area contributed by atoms with Crippen LogP contribution in [0.5, 0.6) is 0 Å². The normalized spacial score (nSPS) is 10.2. The van der Waals surface area contributed by atoms with E-state index in [1.165, 1.54) is 11.5 Å². The fourth-order valence-corrected chi connectivity index (χ4v) is 2.18. The van der Waals surface area contributed by atoms with Crippen molar-refractivity contribution < 1.29 is 4.79 Å². The second-order valence-electron chi connectivity index (χ2n) is 3.68. The molecule has 17 heavy (non-hydrogen) atoms. The van der Waals surface area contributed by atoms with E-state index < -0.39 is 0 Å². The third-order valence-electron chi connectivity index (χ3n) is 2.53. The molecule has 0 spiro atoms. The van der Waals surface area contributed by atoms with E-state index in [4.69, 9.17) is 0 Å². The van der Waals surface area contributed by atoms with Crippen LogP contribution in [0.2, 0.25) is 0 Å². The van der Waals surface area contributed by atoms with Crippen molar-refractivity contribution in [2.24, 2.45) is 0 Å². The molecule has 0 N–H and O–H groups in total. The lowest BCUT2D eigenvalue weighted by Crippen LogP contribution is -2.29. The summed E-state index contributed by atoms with van der Waals surface area (Å²) in [5, 5.41) is 0. The summed E-state index contributed by atoms with van der Waals surface area (Å²) in [7, 11) is 0. The van der Waals surface area contributed by atoms with Crippen molar-refractivity contribution in [3.05, 3.63) is 53.0 Å². The van der Waals surface area contributed by atoms with Crippen LogP contribution < -0.4 is 0 Å². The van der Waals surface area contributed by atoms with Gasteiger partial charge in [0.2, 0.25) is 0 Å². The summed E-state index contributed by atoms with van der Waals surface area (Å²) in [4.78, 5) is 14.7. The molecule has 0 radical (unpaired) electrons. The molecule has 0 fully saturated rings. The fraction of sp³-hybridized carbons (Fsp3) is 0.231. The topological polar surface area (TPSA) is 33.2 Å². The molecule has 0 aliphatic carbocycles. The summed E-state index contributed by atoms with van der Waals surface area (Å²) in [5.41, 5.74) is 1.15.